The highest BCUT2D eigenvalue weighted by molar-refractivity contribution is 5.96. The SMILES string of the molecule is C=CC1=C(C)N(C2CCCCC2)C(=O)C1N(C(=O)COCc1cccnc1)C(/C=C\C)=C/C(=C)C. The molecule has 6 heteroatoms. The first-order chi connectivity index (χ1) is 16.9. The number of nitrogens with zero attached hydrogens (tertiary/aromatic N) is 3. The summed E-state index contributed by atoms with van der Waals surface area (Å²) in [5.41, 5.74) is 3.90. The fourth-order valence-corrected chi connectivity index (χ4v) is 4.94. The van der Waals surface area contributed by atoms with E-state index in [-0.39, 0.29) is 31.1 Å². The molecule has 1 aliphatic carbocycles. The van der Waals surface area contributed by atoms with Crippen LogP contribution in [0.1, 0.15) is 58.4 Å². The number of ether oxygens (including phenoxy) is 1. The predicted octanol–water partition coefficient (Wildman–Crippen LogP) is 5.47. The van der Waals surface area contributed by atoms with Crippen molar-refractivity contribution in [1.82, 2.24) is 14.8 Å². The summed E-state index contributed by atoms with van der Waals surface area (Å²) >= 11 is 0. The van der Waals surface area contributed by atoms with Gasteiger partial charge in [0.2, 0.25) is 0 Å². The van der Waals surface area contributed by atoms with Gasteiger partial charge in [-0.1, -0.05) is 56.2 Å². The van der Waals surface area contributed by atoms with Crippen molar-refractivity contribution in [2.75, 3.05) is 6.61 Å². The first kappa shape index (κ1) is 26.4. The summed E-state index contributed by atoms with van der Waals surface area (Å²) in [7, 11) is 0. The maximum Gasteiger partial charge on any atom is 0.254 e. The topological polar surface area (TPSA) is 62.7 Å². The van der Waals surface area contributed by atoms with Gasteiger partial charge in [-0.2, -0.15) is 0 Å². The average molecular weight is 476 g/mol. The Morgan fingerprint density at radius 3 is 2.66 bits per heavy atom. The van der Waals surface area contributed by atoms with E-state index in [0.717, 1.165) is 48.1 Å². The normalized spacial score (nSPS) is 19.5. The first-order valence-corrected chi connectivity index (χ1v) is 12.3. The molecule has 0 N–H and O–H groups in total. The number of hydrogen-bond acceptors (Lipinski definition) is 4. The van der Waals surface area contributed by atoms with E-state index in [1.54, 1.807) is 23.4 Å². The molecule has 0 bridgehead atoms. The Bertz CT molecular complexity index is 1030. The van der Waals surface area contributed by atoms with Crippen molar-refractivity contribution in [3.05, 3.63) is 90.1 Å². The molecular weight excluding hydrogens is 438 g/mol. The second-order valence-electron chi connectivity index (χ2n) is 9.18. The van der Waals surface area contributed by atoms with Gasteiger partial charge in [-0.15, -0.1) is 0 Å². The maximum absolute atomic E-state index is 13.9. The third-order valence-electron chi connectivity index (χ3n) is 6.46. The van der Waals surface area contributed by atoms with Gasteiger partial charge in [-0.3, -0.25) is 19.5 Å². The molecule has 2 aliphatic rings. The van der Waals surface area contributed by atoms with Gasteiger partial charge in [0, 0.05) is 35.4 Å². The van der Waals surface area contributed by atoms with Crippen molar-refractivity contribution in [3.63, 3.8) is 0 Å². The van der Waals surface area contributed by atoms with Crippen molar-refractivity contribution in [3.8, 4) is 0 Å². The lowest BCUT2D eigenvalue weighted by atomic mass is 9.94. The Hall–Kier alpha value is -3.25. The molecule has 0 spiro atoms. The molecule has 1 unspecified atom stereocenters. The first-order valence-electron chi connectivity index (χ1n) is 12.3. The Kier molecular flexibility index (Phi) is 9.38. The summed E-state index contributed by atoms with van der Waals surface area (Å²) in [4.78, 5) is 35.2. The maximum atomic E-state index is 13.9. The molecule has 0 radical (unpaired) electrons. The molecule has 0 aromatic carbocycles. The zero-order valence-corrected chi connectivity index (χ0v) is 21.2. The van der Waals surface area contributed by atoms with E-state index in [9.17, 15) is 9.59 Å². The minimum absolute atomic E-state index is 0.0815. The highest BCUT2D eigenvalue weighted by Gasteiger charge is 2.45. The highest BCUT2D eigenvalue weighted by atomic mass is 16.5. The van der Waals surface area contributed by atoms with E-state index in [4.69, 9.17) is 4.74 Å². The van der Waals surface area contributed by atoms with Crippen LogP contribution in [-0.4, -0.2) is 45.3 Å². The molecule has 1 aliphatic heterocycles. The summed E-state index contributed by atoms with van der Waals surface area (Å²) in [6.45, 7) is 13.8. The number of carbonyl (C=O) groups is 2. The third kappa shape index (κ3) is 6.25. The fraction of sp³-hybridized carbons (Fsp3) is 0.414. The van der Waals surface area contributed by atoms with Gasteiger partial charge in [-0.25, -0.2) is 0 Å². The van der Waals surface area contributed by atoms with Crippen molar-refractivity contribution < 1.29 is 14.3 Å². The van der Waals surface area contributed by atoms with Crippen LogP contribution < -0.4 is 0 Å². The molecule has 186 valence electrons. The van der Waals surface area contributed by atoms with Crippen LogP contribution in [0, 0.1) is 0 Å². The van der Waals surface area contributed by atoms with Crippen LogP contribution in [0.3, 0.4) is 0 Å². The molecule has 2 amide bonds. The summed E-state index contributed by atoms with van der Waals surface area (Å²) in [6.07, 6.45) is 16.0. The van der Waals surface area contributed by atoms with Crippen molar-refractivity contribution >= 4 is 11.8 Å². The Balaban J connectivity index is 1.95. The van der Waals surface area contributed by atoms with Gasteiger partial charge in [0.25, 0.3) is 11.8 Å². The van der Waals surface area contributed by atoms with E-state index >= 15 is 0 Å². The van der Waals surface area contributed by atoms with E-state index in [2.05, 4.69) is 18.1 Å². The third-order valence-corrected chi connectivity index (χ3v) is 6.46. The molecule has 1 aromatic heterocycles. The molecule has 6 nitrogen and oxygen atoms in total. The van der Waals surface area contributed by atoms with E-state index in [1.165, 1.54) is 6.42 Å². The standard InChI is InChI=1S/C29H37N3O3/c1-6-12-25(17-21(3)4)32(27(33)20-35-19-23-13-11-16-30-18-23)28-26(7-2)22(5)31(29(28)34)24-14-9-8-10-15-24/h6-7,11-13,16-18,24,28H,2-3,8-10,14-15,19-20H2,1,4-5H3/b12-6-,25-17+. The molecule has 35 heavy (non-hydrogen) atoms. The number of amides is 2. The lowest BCUT2D eigenvalue weighted by Gasteiger charge is -2.34. The zero-order valence-electron chi connectivity index (χ0n) is 21.2. The van der Waals surface area contributed by atoms with Gasteiger partial charge in [0.05, 0.1) is 6.61 Å². The minimum atomic E-state index is -0.786. The Labute approximate surface area is 209 Å². The van der Waals surface area contributed by atoms with E-state index in [0.29, 0.717) is 5.70 Å². The van der Waals surface area contributed by atoms with E-state index < -0.39 is 6.04 Å². The van der Waals surface area contributed by atoms with Gasteiger partial charge < -0.3 is 9.64 Å². The molecule has 1 aromatic rings. The fourth-order valence-electron chi connectivity index (χ4n) is 4.94. The van der Waals surface area contributed by atoms with Crippen LogP contribution in [0.25, 0.3) is 0 Å². The van der Waals surface area contributed by atoms with Gasteiger partial charge in [0.1, 0.15) is 12.6 Å². The molecule has 0 saturated heterocycles. The van der Waals surface area contributed by atoms with Crippen LogP contribution in [-0.2, 0) is 20.9 Å². The minimum Gasteiger partial charge on any atom is -0.367 e. The smallest absolute Gasteiger partial charge is 0.254 e. The van der Waals surface area contributed by atoms with Crippen LogP contribution in [0.2, 0.25) is 0 Å². The van der Waals surface area contributed by atoms with Crippen molar-refractivity contribution in [1.29, 1.82) is 0 Å². The summed E-state index contributed by atoms with van der Waals surface area (Å²) in [6, 6.07) is 3.09. The number of rotatable bonds is 10. The van der Waals surface area contributed by atoms with Crippen LogP contribution in [0.5, 0.6) is 0 Å². The second-order valence-corrected chi connectivity index (χ2v) is 9.18. The highest BCUT2D eigenvalue weighted by Crippen LogP contribution is 2.36. The molecular formula is C29H37N3O3. The quantitative estimate of drug-likeness (QED) is 0.421. The van der Waals surface area contributed by atoms with Crippen LogP contribution in [0.15, 0.2) is 84.5 Å². The molecule has 1 atom stereocenters. The molecule has 1 fully saturated rings. The summed E-state index contributed by atoms with van der Waals surface area (Å²) in [5, 5.41) is 0. The summed E-state index contributed by atoms with van der Waals surface area (Å²) in [5.74, 6) is -0.377. The number of hydrogen-bond donors (Lipinski definition) is 0. The molecule has 3 rings (SSSR count). The Morgan fingerprint density at radius 1 is 1.31 bits per heavy atom. The van der Waals surface area contributed by atoms with Gasteiger partial charge in [-0.05, 0) is 57.4 Å². The zero-order chi connectivity index (χ0) is 25.4. The van der Waals surface area contributed by atoms with Gasteiger partial charge >= 0.3 is 0 Å². The summed E-state index contributed by atoms with van der Waals surface area (Å²) < 4.78 is 5.76. The average Bonchev–Trinajstić information content (AvgIpc) is 3.09. The van der Waals surface area contributed by atoms with Gasteiger partial charge in [0.15, 0.2) is 0 Å². The number of pyridine rings is 1. The lowest BCUT2D eigenvalue weighted by Crippen LogP contribution is -2.49. The van der Waals surface area contributed by atoms with Crippen molar-refractivity contribution in [2.24, 2.45) is 0 Å². The molecule has 2 heterocycles. The van der Waals surface area contributed by atoms with Crippen molar-refractivity contribution in [2.45, 2.75) is 71.6 Å². The molecule has 1 saturated carbocycles. The number of carbonyl (C=O) groups excluding carboxylic acids is 2. The number of allylic oxidation sites excluding steroid dienone is 5. The van der Waals surface area contributed by atoms with Crippen LogP contribution >= 0.6 is 0 Å². The number of aromatic nitrogens is 1. The van der Waals surface area contributed by atoms with Crippen LogP contribution in [0.4, 0.5) is 0 Å². The lowest BCUT2D eigenvalue weighted by molar-refractivity contribution is -0.143. The monoisotopic (exact) mass is 475 g/mol. The second kappa shape index (κ2) is 12.5. The Morgan fingerprint density at radius 2 is 2.06 bits per heavy atom. The van der Waals surface area contributed by atoms with E-state index in [1.807, 2.05) is 56.0 Å². The predicted molar refractivity (Wildman–Crippen MR) is 139 cm³/mol. The largest absolute Gasteiger partial charge is 0.367 e.